The molecule has 2 aromatic rings. The van der Waals surface area contributed by atoms with E-state index in [1.54, 1.807) is 7.11 Å². The number of nitrogens with zero attached hydrogens (tertiary/aromatic N) is 1. The Kier molecular flexibility index (Phi) is 2.39. The molecule has 1 saturated carbocycles. The summed E-state index contributed by atoms with van der Waals surface area (Å²) in [6.45, 7) is 0. The van der Waals surface area contributed by atoms with E-state index in [4.69, 9.17) is 4.74 Å². The fraction of sp³-hybridized carbons (Fsp3) is 0.357. The summed E-state index contributed by atoms with van der Waals surface area (Å²) in [4.78, 5) is 10.7. The van der Waals surface area contributed by atoms with E-state index < -0.39 is 0 Å². The summed E-state index contributed by atoms with van der Waals surface area (Å²) >= 11 is 0. The predicted molar refractivity (Wildman–Crippen MR) is 66.5 cm³/mol. The molecular formula is C14H15NO2. The molecule has 3 heteroatoms. The minimum Gasteiger partial charge on any atom is -0.497 e. The van der Waals surface area contributed by atoms with Crippen molar-refractivity contribution < 1.29 is 9.53 Å². The van der Waals surface area contributed by atoms with Crippen LogP contribution in [0, 0.1) is 0 Å². The molecule has 3 nitrogen and oxygen atoms in total. The van der Waals surface area contributed by atoms with Gasteiger partial charge in [0.1, 0.15) is 12.0 Å². The van der Waals surface area contributed by atoms with E-state index in [1.807, 2.05) is 12.1 Å². The Labute approximate surface area is 100.0 Å². The Balaban J connectivity index is 2.18. The van der Waals surface area contributed by atoms with Gasteiger partial charge < -0.3 is 14.1 Å². The Hall–Kier alpha value is -1.77. The lowest BCUT2D eigenvalue weighted by atomic mass is 10.2. The van der Waals surface area contributed by atoms with E-state index in [0.29, 0.717) is 12.5 Å². The van der Waals surface area contributed by atoms with Gasteiger partial charge in [0.05, 0.1) is 7.11 Å². The number of carbonyl (C=O) groups excluding carboxylic acids is 1. The van der Waals surface area contributed by atoms with Crippen molar-refractivity contribution in [2.75, 3.05) is 7.11 Å². The van der Waals surface area contributed by atoms with Crippen molar-refractivity contribution >= 4 is 17.2 Å². The number of fused-ring (bicyclic) bond motifs is 1. The topological polar surface area (TPSA) is 31.2 Å². The summed E-state index contributed by atoms with van der Waals surface area (Å²) in [5.41, 5.74) is 2.33. The lowest BCUT2D eigenvalue weighted by Gasteiger charge is -2.07. The highest BCUT2D eigenvalue weighted by atomic mass is 16.5. The first-order chi connectivity index (χ1) is 8.33. The number of methoxy groups -OCH3 is 1. The van der Waals surface area contributed by atoms with Crippen LogP contribution < -0.4 is 4.74 Å². The fourth-order valence-electron chi connectivity index (χ4n) is 2.40. The van der Waals surface area contributed by atoms with E-state index in [2.05, 4.69) is 16.7 Å². The predicted octanol–water partition coefficient (Wildman–Crippen LogP) is 2.73. The quantitative estimate of drug-likeness (QED) is 0.755. The van der Waals surface area contributed by atoms with E-state index in [1.165, 1.54) is 18.4 Å². The van der Waals surface area contributed by atoms with Crippen LogP contribution in [0.15, 0.2) is 24.3 Å². The van der Waals surface area contributed by atoms with Crippen molar-refractivity contribution in [3.05, 3.63) is 30.0 Å². The van der Waals surface area contributed by atoms with Crippen LogP contribution in [0.1, 0.15) is 24.6 Å². The lowest BCUT2D eigenvalue weighted by molar-refractivity contribution is -0.107. The van der Waals surface area contributed by atoms with Gasteiger partial charge in [-0.05, 0) is 37.1 Å². The molecule has 0 unspecified atom stereocenters. The smallest absolute Gasteiger partial charge is 0.125 e. The molecule has 1 aliphatic rings. The zero-order valence-electron chi connectivity index (χ0n) is 9.85. The molecule has 3 rings (SSSR count). The number of carbonyl (C=O) groups is 1. The van der Waals surface area contributed by atoms with Gasteiger partial charge in [0.2, 0.25) is 0 Å². The molecule has 1 aliphatic carbocycles. The average Bonchev–Trinajstić information content (AvgIpc) is 3.11. The Bertz CT molecular complexity index is 567. The zero-order chi connectivity index (χ0) is 11.8. The van der Waals surface area contributed by atoms with E-state index >= 15 is 0 Å². The number of ether oxygens (including phenoxy) is 1. The third kappa shape index (κ3) is 1.71. The first-order valence-electron chi connectivity index (χ1n) is 5.95. The van der Waals surface area contributed by atoms with Gasteiger partial charge in [-0.1, -0.05) is 0 Å². The minimum absolute atomic E-state index is 0.494. The molecule has 0 saturated heterocycles. The van der Waals surface area contributed by atoms with Crippen LogP contribution >= 0.6 is 0 Å². The molecule has 0 radical (unpaired) electrons. The van der Waals surface area contributed by atoms with Crippen LogP contribution in [0.25, 0.3) is 10.9 Å². The third-order valence-corrected chi connectivity index (χ3v) is 3.33. The van der Waals surface area contributed by atoms with Crippen LogP contribution in [0.4, 0.5) is 0 Å². The monoisotopic (exact) mass is 229 g/mol. The SMILES string of the molecule is COc1ccc2c(c1)cc(CC=O)n2C1CC1. The first kappa shape index (κ1) is 10.4. The van der Waals surface area contributed by atoms with Crippen LogP contribution in [-0.2, 0) is 11.2 Å². The van der Waals surface area contributed by atoms with Crippen LogP contribution in [0.5, 0.6) is 5.75 Å². The molecule has 17 heavy (non-hydrogen) atoms. The molecule has 0 bridgehead atoms. The van der Waals surface area contributed by atoms with Crippen molar-refractivity contribution in [1.82, 2.24) is 4.57 Å². The van der Waals surface area contributed by atoms with E-state index in [-0.39, 0.29) is 0 Å². The van der Waals surface area contributed by atoms with E-state index in [9.17, 15) is 4.79 Å². The molecule has 0 amide bonds. The highest BCUT2D eigenvalue weighted by molar-refractivity contribution is 5.84. The van der Waals surface area contributed by atoms with Crippen LogP contribution in [0.3, 0.4) is 0 Å². The van der Waals surface area contributed by atoms with Gasteiger partial charge in [-0.25, -0.2) is 0 Å². The second kappa shape index (κ2) is 3.91. The van der Waals surface area contributed by atoms with Crippen LogP contribution in [-0.4, -0.2) is 18.0 Å². The number of hydrogen-bond donors (Lipinski definition) is 0. The Morgan fingerprint density at radius 3 is 2.88 bits per heavy atom. The molecular weight excluding hydrogens is 214 g/mol. The van der Waals surface area contributed by atoms with E-state index in [0.717, 1.165) is 23.1 Å². The molecule has 1 aromatic heterocycles. The molecule has 0 N–H and O–H groups in total. The fourth-order valence-corrected chi connectivity index (χ4v) is 2.40. The van der Waals surface area contributed by atoms with Crippen LogP contribution in [0.2, 0.25) is 0 Å². The summed E-state index contributed by atoms with van der Waals surface area (Å²) < 4.78 is 7.54. The van der Waals surface area contributed by atoms with Gasteiger partial charge >= 0.3 is 0 Å². The number of rotatable bonds is 4. The Morgan fingerprint density at radius 1 is 1.41 bits per heavy atom. The van der Waals surface area contributed by atoms with Gasteiger partial charge in [0, 0.05) is 29.1 Å². The van der Waals surface area contributed by atoms with Gasteiger partial charge in [-0.2, -0.15) is 0 Å². The maximum absolute atomic E-state index is 10.7. The highest BCUT2D eigenvalue weighted by Gasteiger charge is 2.27. The average molecular weight is 229 g/mol. The maximum Gasteiger partial charge on any atom is 0.125 e. The second-order valence-electron chi connectivity index (χ2n) is 4.53. The van der Waals surface area contributed by atoms with Gasteiger partial charge in [-0.3, -0.25) is 0 Å². The van der Waals surface area contributed by atoms with Crippen molar-refractivity contribution in [2.24, 2.45) is 0 Å². The molecule has 0 atom stereocenters. The summed E-state index contributed by atoms with van der Waals surface area (Å²) in [6.07, 6.45) is 3.92. The van der Waals surface area contributed by atoms with Crippen molar-refractivity contribution in [3.63, 3.8) is 0 Å². The zero-order valence-corrected chi connectivity index (χ0v) is 9.85. The number of aromatic nitrogens is 1. The number of aldehydes is 1. The summed E-state index contributed by atoms with van der Waals surface area (Å²) in [6, 6.07) is 8.79. The largest absolute Gasteiger partial charge is 0.497 e. The molecule has 1 fully saturated rings. The molecule has 88 valence electrons. The normalized spacial score (nSPS) is 15.1. The highest BCUT2D eigenvalue weighted by Crippen LogP contribution is 2.40. The molecule has 1 heterocycles. The third-order valence-electron chi connectivity index (χ3n) is 3.33. The lowest BCUT2D eigenvalue weighted by Crippen LogP contribution is -2.00. The van der Waals surface area contributed by atoms with Crippen molar-refractivity contribution in [2.45, 2.75) is 25.3 Å². The number of benzene rings is 1. The second-order valence-corrected chi connectivity index (χ2v) is 4.53. The van der Waals surface area contributed by atoms with Gasteiger partial charge in [-0.15, -0.1) is 0 Å². The molecule has 1 aromatic carbocycles. The summed E-state index contributed by atoms with van der Waals surface area (Å²) in [5.74, 6) is 0.864. The summed E-state index contributed by atoms with van der Waals surface area (Å²) in [7, 11) is 1.67. The molecule has 0 aliphatic heterocycles. The van der Waals surface area contributed by atoms with Crippen molar-refractivity contribution in [1.29, 1.82) is 0 Å². The Morgan fingerprint density at radius 2 is 2.24 bits per heavy atom. The minimum atomic E-state index is 0.494. The van der Waals surface area contributed by atoms with Gasteiger partial charge in [0.25, 0.3) is 0 Å². The van der Waals surface area contributed by atoms with Crippen molar-refractivity contribution in [3.8, 4) is 5.75 Å². The first-order valence-corrected chi connectivity index (χ1v) is 5.95. The number of hydrogen-bond acceptors (Lipinski definition) is 2. The molecule has 0 spiro atoms. The standard InChI is InChI=1S/C14H15NO2/c1-17-13-4-5-14-10(9-13)8-12(6-7-16)15(14)11-2-3-11/h4-5,7-9,11H,2-3,6H2,1H3. The van der Waals surface area contributed by atoms with Gasteiger partial charge in [0.15, 0.2) is 0 Å². The maximum atomic E-state index is 10.7. The summed E-state index contributed by atoms with van der Waals surface area (Å²) in [5, 5.41) is 1.16.